The Labute approximate surface area is 136 Å². The van der Waals surface area contributed by atoms with Crippen LogP contribution in [-0.2, 0) is 6.42 Å². The van der Waals surface area contributed by atoms with Gasteiger partial charge in [-0.05, 0) is 53.6 Å². The van der Waals surface area contributed by atoms with Crippen molar-refractivity contribution in [3.8, 4) is 0 Å². The van der Waals surface area contributed by atoms with Crippen molar-refractivity contribution in [3.63, 3.8) is 0 Å². The van der Waals surface area contributed by atoms with Crippen LogP contribution in [0.25, 0.3) is 6.08 Å². The van der Waals surface area contributed by atoms with Gasteiger partial charge in [0, 0.05) is 10.4 Å². The van der Waals surface area contributed by atoms with Gasteiger partial charge in [-0.3, -0.25) is 0 Å². The monoisotopic (exact) mass is 340 g/mol. The number of fused-ring (bicyclic) bond motifs is 1. The molecular formula is C20H21Br. The number of benzene rings is 2. The quantitative estimate of drug-likeness (QED) is 0.616. The summed E-state index contributed by atoms with van der Waals surface area (Å²) < 4.78 is 1.20. The summed E-state index contributed by atoms with van der Waals surface area (Å²) in [7, 11) is 0. The Bertz CT molecular complexity index is 665. The molecule has 1 aliphatic carbocycles. The Kier molecular flexibility index (Phi) is 4.30. The van der Waals surface area contributed by atoms with Gasteiger partial charge in [0.15, 0.2) is 0 Å². The van der Waals surface area contributed by atoms with Crippen LogP contribution in [0, 0.1) is 6.92 Å². The largest absolute Gasteiger partial charge is 0.0720 e. The molecule has 2 aromatic carbocycles. The molecule has 21 heavy (non-hydrogen) atoms. The number of hydrogen-bond acceptors (Lipinski definition) is 0. The van der Waals surface area contributed by atoms with Crippen molar-refractivity contribution in [1.82, 2.24) is 0 Å². The summed E-state index contributed by atoms with van der Waals surface area (Å²) in [6.45, 7) is 4.41. The van der Waals surface area contributed by atoms with E-state index in [1.54, 1.807) is 0 Å². The van der Waals surface area contributed by atoms with Gasteiger partial charge in [0.25, 0.3) is 0 Å². The minimum Gasteiger partial charge on any atom is -0.0720 e. The van der Waals surface area contributed by atoms with E-state index in [0.29, 0.717) is 5.92 Å². The molecule has 0 fully saturated rings. The SMILES string of the molecule is CCCCc1ccc(C2C=Cc3c(Br)cc(C)cc32)cc1. The maximum atomic E-state index is 3.69. The van der Waals surface area contributed by atoms with E-state index in [9.17, 15) is 0 Å². The maximum Gasteiger partial charge on any atom is 0.0279 e. The van der Waals surface area contributed by atoms with Crippen molar-refractivity contribution in [2.24, 2.45) is 0 Å². The summed E-state index contributed by atoms with van der Waals surface area (Å²) in [5, 5.41) is 0. The molecule has 3 rings (SSSR count). The first kappa shape index (κ1) is 14.6. The van der Waals surface area contributed by atoms with Crippen LogP contribution < -0.4 is 0 Å². The molecule has 0 nitrogen and oxygen atoms in total. The van der Waals surface area contributed by atoms with E-state index < -0.39 is 0 Å². The van der Waals surface area contributed by atoms with Crippen LogP contribution in [0.3, 0.4) is 0 Å². The summed E-state index contributed by atoms with van der Waals surface area (Å²) in [6.07, 6.45) is 8.29. The Morgan fingerprint density at radius 2 is 1.86 bits per heavy atom. The molecule has 0 saturated carbocycles. The van der Waals surface area contributed by atoms with Crippen molar-refractivity contribution in [3.05, 3.63) is 74.8 Å². The molecule has 0 saturated heterocycles. The smallest absolute Gasteiger partial charge is 0.0279 e. The van der Waals surface area contributed by atoms with Gasteiger partial charge in [-0.15, -0.1) is 0 Å². The molecule has 2 aromatic rings. The van der Waals surface area contributed by atoms with Crippen LogP contribution in [0.5, 0.6) is 0 Å². The fourth-order valence-corrected chi connectivity index (χ4v) is 3.79. The van der Waals surface area contributed by atoms with Gasteiger partial charge in [0.05, 0.1) is 0 Å². The lowest BCUT2D eigenvalue weighted by molar-refractivity contribution is 0.794. The summed E-state index contributed by atoms with van der Waals surface area (Å²) in [6, 6.07) is 13.7. The second-order valence-electron chi connectivity index (χ2n) is 5.93. The fraction of sp³-hybridized carbons (Fsp3) is 0.300. The van der Waals surface area contributed by atoms with E-state index >= 15 is 0 Å². The lowest BCUT2D eigenvalue weighted by atomic mass is 9.91. The molecule has 108 valence electrons. The van der Waals surface area contributed by atoms with Crippen LogP contribution in [0.15, 0.2) is 46.9 Å². The molecular weight excluding hydrogens is 320 g/mol. The lowest BCUT2D eigenvalue weighted by Gasteiger charge is -2.14. The number of unbranched alkanes of at least 4 members (excludes halogenated alkanes) is 1. The summed E-state index contributed by atoms with van der Waals surface area (Å²) in [5.74, 6) is 0.399. The maximum absolute atomic E-state index is 3.69. The average molecular weight is 341 g/mol. The third-order valence-electron chi connectivity index (χ3n) is 4.25. The van der Waals surface area contributed by atoms with Crippen LogP contribution in [0.2, 0.25) is 0 Å². The highest BCUT2D eigenvalue weighted by molar-refractivity contribution is 9.10. The first-order valence-corrected chi connectivity index (χ1v) is 8.55. The van der Waals surface area contributed by atoms with E-state index in [1.165, 1.54) is 51.6 Å². The molecule has 0 N–H and O–H groups in total. The molecule has 1 heteroatoms. The third-order valence-corrected chi connectivity index (χ3v) is 4.91. The molecule has 0 aromatic heterocycles. The van der Waals surface area contributed by atoms with Crippen molar-refractivity contribution in [2.75, 3.05) is 0 Å². The number of aryl methyl sites for hydroxylation is 2. The molecule has 0 radical (unpaired) electrons. The van der Waals surface area contributed by atoms with Crippen molar-refractivity contribution < 1.29 is 0 Å². The van der Waals surface area contributed by atoms with E-state index in [-0.39, 0.29) is 0 Å². The number of halogens is 1. The minimum absolute atomic E-state index is 0.399. The van der Waals surface area contributed by atoms with Crippen LogP contribution >= 0.6 is 15.9 Å². The Morgan fingerprint density at radius 3 is 2.57 bits per heavy atom. The van der Waals surface area contributed by atoms with Crippen molar-refractivity contribution in [1.29, 1.82) is 0 Å². The summed E-state index contributed by atoms with van der Waals surface area (Å²) >= 11 is 3.69. The Morgan fingerprint density at radius 1 is 1.10 bits per heavy atom. The molecule has 1 unspecified atom stereocenters. The zero-order valence-corrected chi connectivity index (χ0v) is 14.3. The molecule has 0 spiro atoms. The van der Waals surface area contributed by atoms with E-state index in [0.717, 1.165) is 0 Å². The number of rotatable bonds is 4. The van der Waals surface area contributed by atoms with Gasteiger partial charge in [-0.25, -0.2) is 0 Å². The van der Waals surface area contributed by atoms with Crippen LogP contribution in [0.1, 0.15) is 53.5 Å². The normalized spacial score (nSPS) is 16.2. The van der Waals surface area contributed by atoms with Gasteiger partial charge in [0.2, 0.25) is 0 Å². The summed E-state index contributed by atoms with van der Waals surface area (Å²) in [4.78, 5) is 0. The zero-order chi connectivity index (χ0) is 14.8. The first-order chi connectivity index (χ1) is 10.2. The van der Waals surface area contributed by atoms with Crippen LogP contribution in [-0.4, -0.2) is 0 Å². The van der Waals surface area contributed by atoms with Crippen molar-refractivity contribution >= 4 is 22.0 Å². The van der Waals surface area contributed by atoms with Gasteiger partial charge in [-0.2, -0.15) is 0 Å². The summed E-state index contributed by atoms with van der Waals surface area (Å²) in [5.41, 5.74) is 6.91. The Balaban J connectivity index is 1.89. The first-order valence-electron chi connectivity index (χ1n) is 7.76. The Hall–Kier alpha value is -1.34. The average Bonchev–Trinajstić information content (AvgIpc) is 2.89. The van der Waals surface area contributed by atoms with Gasteiger partial charge >= 0.3 is 0 Å². The molecule has 0 aliphatic heterocycles. The molecule has 0 amide bonds. The van der Waals surface area contributed by atoms with E-state index in [1.807, 2.05) is 0 Å². The predicted octanol–water partition coefficient (Wildman–Crippen LogP) is 6.26. The third kappa shape index (κ3) is 2.98. The highest BCUT2D eigenvalue weighted by atomic mass is 79.9. The molecule has 0 heterocycles. The van der Waals surface area contributed by atoms with Gasteiger partial charge in [0.1, 0.15) is 0 Å². The zero-order valence-electron chi connectivity index (χ0n) is 12.7. The standard InChI is InChI=1S/C20H21Br/c1-3-4-5-15-6-8-16(9-7-15)17-10-11-18-19(17)12-14(2)13-20(18)21/h6-13,17H,3-5H2,1-2H3. The molecule has 1 aliphatic rings. The highest BCUT2D eigenvalue weighted by Crippen LogP contribution is 2.39. The van der Waals surface area contributed by atoms with Gasteiger partial charge < -0.3 is 0 Å². The predicted molar refractivity (Wildman–Crippen MR) is 94.8 cm³/mol. The van der Waals surface area contributed by atoms with Crippen molar-refractivity contribution in [2.45, 2.75) is 39.0 Å². The molecule has 0 bridgehead atoms. The molecule has 1 atom stereocenters. The second-order valence-corrected chi connectivity index (χ2v) is 6.79. The fourth-order valence-electron chi connectivity index (χ4n) is 3.07. The lowest BCUT2D eigenvalue weighted by Crippen LogP contribution is -1.97. The van der Waals surface area contributed by atoms with E-state index in [2.05, 4.69) is 78.3 Å². The minimum atomic E-state index is 0.399. The topological polar surface area (TPSA) is 0 Å². The number of hydrogen-bond donors (Lipinski definition) is 0. The number of allylic oxidation sites excluding steroid dienone is 1. The highest BCUT2D eigenvalue weighted by Gasteiger charge is 2.21. The van der Waals surface area contributed by atoms with Gasteiger partial charge in [-0.1, -0.05) is 71.8 Å². The van der Waals surface area contributed by atoms with E-state index in [4.69, 9.17) is 0 Å². The second kappa shape index (κ2) is 6.19. The van der Waals surface area contributed by atoms with Crippen LogP contribution in [0.4, 0.5) is 0 Å².